The maximum absolute atomic E-state index is 13.7. The van der Waals surface area contributed by atoms with Crippen molar-refractivity contribution in [2.24, 2.45) is 0 Å². The molecular formula is C27H32NO10+. The number of hydrogen-bond donors (Lipinski definition) is 6. The molecule has 0 amide bonds. The minimum Gasteiger partial charge on any atom is -0.507 e. The highest BCUT2D eigenvalue weighted by atomic mass is 16.7. The van der Waals surface area contributed by atoms with Crippen LogP contribution in [0.3, 0.4) is 0 Å². The number of aliphatic hydroxyl groups is 3. The molecule has 0 saturated carbocycles. The van der Waals surface area contributed by atoms with Crippen LogP contribution >= 0.6 is 0 Å². The smallest absolute Gasteiger partial charge is 0.202 e. The van der Waals surface area contributed by atoms with E-state index in [1.807, 2.05) is 0 Å². The van der Waals surface area contributed by atoms with E-state index in [2.05, 4.69) is 5.73 Å². The van der Waals surface area contributed by atoms with Crippen molar-refractivity contribution in [3.8, 4) is 17.2 Å². The second-order valence-corrected chi connectivity index (χ2v) is 10.3. The summed E-state index contributed by atoms with van der Waals surface area (Å²) < 4.78 is 17.2. The Morgan fingerprint density at radius 1 is 1.08 bits per heavy atom. The van der Waals surface area contributed by atoms with Crippen LogP contribution in [0.15, 0.2) is 18.2 Å². The topological polar surface area (TPSA) is 191 Å². The molecule has 11 heteroatoms. The first-order chi connectivity index (χ1) is 17.9. The fourth-order valence-corrected chi connectivity index (χ4v) is 5.86. The van der Waals surface area contributed by atoms with Gasteiger partial charge in [0.15, 0.2) is 12.1 Å². The second kappa shape index (κ2) is 9.30. The van der Waals surface area contributed by atoms with E-state index in [-0.39, 0.29) is 47.3 Å². The van der Waals surface area contributed by atoms with Gasteiger partial charge in [-0.05, 0) is 19.4 Å². The van der Waals surface area contributed by atoms with Gasteiger partial charge in [-0.3, -0.25) is 9.59 Å². The van der Waals surface area contributed by atoms with Gasteiger partial charge in [0.05, 0.1) is 48.0 Å². The van der Waals surface area contributed by atoms with Crippen LogP contribution < -0.4 is 10.5 Å². The molecule has 1 saturated heterocycles. The summed E-state index contributed by atoms with van der Waals surface area (Å²) >= 11 is 0. The van der Waals surface area contributed by atoms with Crippen LogP contribution in [0.25, 0.3) is 0 Å². The van der Waals surface area contributed by atoms with Crippen LogP contribution in [0.5, 0.6) is 17.2 Å². The van der Waals surface area contributed by atoms with Gasteiger partial charge in [0.1, 0.15) is 35.5 Å². The number of aliphatic hydroxyl groups excluding tert-OH is 2. The first-order valence-corrected chi connectivity index (χ1v) is 12.6. The van der Waals surface area contributed by atoms with Gasteiger partial charge < -0.3 is 45.5 Å². The Kier molecular flexibility index (Phi) is 6.49. The molecule has 38 heavy (non-hydrogen) atoms. The van der Waals surface area contributed by atoms with Crippen LogP contribution in [-0.4, -0.2) is 74.3 Å². The highest BCUT2D eigenvalue weighted by Crippen LogP contribution is 2.56. The zero-order chi connectivity index (χ0) is 27.7. The van der Waals surface area contributed by atoms with E-state index in [0.717, 1.165) is 0 Å². The van der Waals surface area contributed by atoms with Gasteiger partial charge in [0, 0.05) is 23.1 Å². The second-order valence-electron chi connectivity index (χ2n) is 10.3. The lowest BCUT2D eigenvalue weighted by Gasteiger charge is -2.44. The van der Waals surface area contributed by atoms with E-state index in [4.69, 9.17) is 14.2 Å². The summed E-state index contributed by atoms with van der Waals surface area (Å²) in [5.74, 6) is -2.70. The van der Waals surface area contributed by atoms with Gasteiger partial charge in [-0.2, -0.15) is 0 Å². The number of aromatic hydroxyl groups is 2. The molecule has 5 rings (SSSR count). The van der Waals surface area contributed by atoms with E-state index in [0.29, 0.717) is 0 Å². The number of phenolic OH excluding ortho intramolecular Hbond substituents is 2. The summed E-state index contributed by atoms with van der Waals surface area (Å²) in [4.78, 5) is 27.2. The predicted octanol–water partition coefficient (Wildman–Crippen LogP) is 0.624. The lowest BCUT2D eigenvalue weighted by molar-refractivity contribution is -0.466. The van der Waals surface area contributed by atoms with Gasteiger partial charge in [0.25, 0.3) is 0 Å². The molecule has 3 aliphatic rings. The summed E-state index contributed by atoms with van der Waals surface area (Å²) in [6.45, 7) is 3.30. The van der Waals surface area contributed by atoms with Crippen molar-refractivity contribution in [1.29, 1.82) is 0 Å². The molecule has 1 heterocycles. The number of quaternary nitrogens is 1. The molecular weight excluding hydrogens is 498 g/mol. The molecule has 0 aromatic heterocycles. The van der Waals surface area contributed by atoms with Crippen molar-refractivity contribution in [2.75, 3.05) is 7.11 Å². The Labute approximate surface area is 218 Å². The Morgan fingerprint density at radius 2 is 1.74 bits per heavy atom. The van der Waals surface area contributed by atoms with Gasteiger partial charge in [-0.1, -0.05) is 19.1 Å². The van der Waals surface area contributed by atoms with Crippen LogP contribution in [0.4, 0.5) is 0 Å². The monoisotopic (exact) mass is 530 g/mol. The molecule has 0 unspecified atom stereocenters. The number of ketones is 2. The minimum atomic E-state index is -1.79. The highest BCUT2D eigenvalue weighted by molar-refractivity contribution is 6.31. The SMILES string of the molecule is CC[C@@]1(O)C[C@H](O[C@H]2C[C@H]([NH3+])[C@H](O)[C@H](C)O2)c2c(O)c3c(c(O)c2[C@H]1O)C(=O)c1cccc(OC)c1C3=O. The third-order valence-electron chi connectivity index (χ3n) is 8.09. The lowest BCUT2D eigenvalue weighted by atomic mass is 9.70. The third-order valence-corrected chi connectivity index (χ3v) is 8.09. The van der Waals surface area contributed by atoms with E-state index in [1.54, 1.807) is 13.8 Å². The lowest BCUT2D eigenvalue weighted by Crippen LogP contribution is -2.71. The number of hydrogen-bond acceptors (Lipinski definition) is 10. The normalized spacial score (nSPS) is 32.4. The molecule has 7 atom stereocenters. The molecule has 0 bridgehead atoms. The summed E-state index contributed by atoms with van der Waals surface area (Å²) in [7, 11) is 1.34. The summed E-state index contributed by atoms with van der Waals surface area (Å²) in [5.41, 5.74) is 0.763. The third kappa shape index (κ3) is 3.73. The highest BCUT2D eigenvalue weighted by Gasteiger charge is 2.51. The van der Waals surface area contributed by atoms with Gasteiger partial charge in [-0.15, -0.1) is 0 Å². The maximum Gasteiger partial charge on any atom is 0.202 e. The summed E-state index contributed by atoms with van der Waals surface area (Å²) in [6, 6.07) is 4.02. The zero-order valence-electron chi connectivity index (χ0n) is 21.3. The number of carbonyl (C=O) groups is 2. The molecule has 2 aromatic rings. The molecule has 1 aliphatic heterocycles. The number of ether oxygens (including phenoxy) is 3. The number of rotatable bonds is 4. The van der Waals surface area contributed by atoms with Crippen molar-refractivity contribution < 1.29 is 55.1 Å². The summed E-state index contributed by atoms with van der Waals surface area (Å²) in [6.07, 6.45) is -5.11. The largest absolute Gasteiger partial charge is 0.507 e. The molecule has 11 nitrogen and oxygen atoms in total. The molecule has 8 N–H and O–H groups in total. The van der Waals surface area contributed by atoms with Crippen LogP contribution in [-0.2, 0) is 9.47 Å². The molecule has 2 aromatic carbocycles. The average molecular weight is 531 g/mol. The van der Waals surface area contributed by atoms with Gasteiger partial charge >= 0.3 is 0 Å². The standard InChI is InChI=1S/C27H31NO10/c1-4-27(35)9-14(38-15-8-12(28)21(29)10(2)37-15)17-20(26(27)34)25(33)18-19(24(17)32)23(31)16-11(22(18)30)6-5-7-13(16)36-3/h5-7,10,12,14-15,21,26,29,32-35H,4,8-9,28H2,1-3H3/p+1/t10-,12-,14-,15-,21+,26+,27+/m0/s1. The fraction of sp³-hybridized carbons (Fsp3) is 0.481. The molecule has 0 radical (unpaired) electrons. The number of phenols is 2. The number of benzene rings is 2. The van der Waals surface area contributed by atoms with Crippen molar-refractivity contribution in [1.82, 2.24) is 0 Å². The Balaban J connectivity index is 1.70. The van der Waals surface area contributed by atoms with Crippen molar-refractivity contribution in [3.63, 3.8) is 0 Å². The minimum absolute atomic E-state index is 0.0232. The van der Waals surface area contributed by atoms with Crippen LogP contribution in [0, 0.1) is 0 Å². The predicted molar refractivity (Wildman–Crippen MR) is 130 cm³/mol. The van der Waals surface area contributed by atoms with Crippen molar-refractivity contribution in [2.45, 2.75) is 75.5 Å². The summed E-state index contributed by atoms with van der Waals surface area (Å²) in [5, 5.41) is 55.6. The number of carbonyl (C=O) groups excluding carboxylic acids is 2. The van der Waals surface area contributed by atoms with Gasteiger partial charge in [0.2, 0.25) is 5.78 Å². The average Bonchev–Trinajstić information content (AvgIpc) is 2.89. The fourth-order valence-electron chi connectivity index (χ4n) is 5.86. The molecule has 204 valence electrons. The van der Waals surface area contributed by atoms with E-state index < -0.39 is 76.5 Å². The Hall–Kier alpha value is -3.06. The first-order valence-electron chi connectivity index (χ1n) is 12.6. The van der Waals surface area contributed by atoms with E-state index >= 15 is 0 Å². The van der Waals surface area contributed by atoms with E-state index in [9.17, 15) is 35.1 Å². The number of methoxy groups -OCH3 is 1. The van der Waals surface area contributed by atoms with Crippen LogP contribution in [0.2, 0.25) is 0 Å². The number of fused-ring (bicyclic) bond motifs is 3. The Morgan fingerprint density at radius 3 is 2.37 bits per heavy atom. The molecule has 1 fully saturated rings. The van der Waals surface area contributed by atoms with E-state index in [1.165, 1.54) is 25.3 Å². The quantitative estimate of drug-likeness (QED) is 0.261. The first kappa shape index (κ1) is 26.5. The van der Waals surface area contributed by atoms with Crippen LogP contribution in [0.1, 0.15) is 88.3 Å². The van der Waals surface area contributed by atoms with Crippen molar-refractivity contribution >= 4 is 11.6 Å². The maximum atomic E-state index is 13.7. The molecule has 0 spiro atoms. The zero-order valence-corrected chi connectivity index (χ0v) is 21.3. The van der Waals surface area contributed by atoms with Crippen molar-refractivity contribution in [3.05, 3.63) is 51.6 Å². The molecule has 2 aliphatic carbocycles. The van der Waals surface area contributed by atoms with Gasteiger partial charge in [-0.25, -0.2) is 0 Å². The Bertz CT molecular complexity index is 1310.